The fourth-order valence-electron chi connectivity index (χ4n) is 2.33. The smallest absolute Gasteiger partial charge is 0.191 e. The Kier molecular flexibility index (Phi) is 7.72. The Morgan fingerprint density at radius 1 is 1.23 bits per heavy atom. The summed E-state index contributed by atoms with van der Waals surface area (Å²) in [5, 5.41) is 9.78. The predicted molar refractivity (Wildman–Crippen MR) is 107 cm³/mol. The van der Waals surface area contributed by atoms with Gasteiger partial charge in [-0.15, -0.1) is 11.3 Å². The van der Waals surface area contributed by atoms with E-state index in [1.165, 1.54) is 0 Å². The molecule has 1 aromatic carbocycles. The quantitative estimate of drug-likeness (QED) is 0.545. The topological polar surface area (TPSA) is 67.8 Å². The molecule has 0 aliphatic rings. The second kappa shape index (κ2) is 10.0. The third-order valence-electron chi connectivity index (χ3n) is 3.78. The average molecular weight is 377 g/mol. The molecule has 7 heteroatoms. The zero-order valence-electron chi connectivity index (χ0n) is 16.1. The Hall–Kier alpha value is -2.28. The SMILES string of the molecule is CCOc1ccc(CNC(=NC)NCc2nc(C(C)C)cs2)cc1OC. The minimum atomic E-state index is 0.451. The molecular formula is C19H28N4O2S. The molecule has 0 radical (unpaired) electrons. The first-order valence-electron chi connectivity index (χ1n) is 8.75. The molecule has 1 aromatic heterocycles. The number of methoxy groups -OCH3 is 1. The molecule has 0 aliphatic heterocycles. The molecule has 0 spiro atoms. The molecule has 6 nitrogen and oxygen atoms in total. The van der Waals surface area contributed by atoms with Crippen molar-refractivity contribution >= 4 is 17.3 Å². The van der Waals surface area contributed by atoms with Gasteiger partial charge in [0.15, 0.2) is 17.5 Å². The number of guanidine groups is 1. The van der Waals surface area contributed by atoms with Crippen LogP contribution in [-0.2, 0) is 13.1 Å². The molecule has 0 saturated heterocycles. The van der Waals surface area contributed by atoms with Gasteiger partial charge in [-0.1, -0.05) is 19.9 Å². The lowest BCUT2D eigenvalue weighted by Crippen LogP contribution is -2.36. The number of thiazole rings is 1. The molecule has 0 unspecified atom stereocenters. The monoisotopic (exact) mass is 376 g/mol. The fourth-order valence-corrected chi connectivity index (χ4v) is 3.23. The number of benzene rings is 1. The lowest BCUT2D eigenvalue weighted by molar-refractivity contribution is 0.310. The van der Waals surface area contributed by atoms with Crippen molar-refractivity contribution in [3.8, 4) is 11.5 Å². The largest absolute Gasteiger partial charge is 0.493 e. The van der Waals surface area contributed by atoms with Crippen LogP contribution in [0.25, 0.3) is 0 Å². The number of rotatable bonds is 8. The molecular weight excluding hydrogens is 348 g/mol. The number of aromatic nitrogens is 1. The number of nitrogens with one attached hydrogen (secondary N) is 2. The van der Waals surface area contributed by atoms with Gasteiger partial charge in [-0.2, -0.15) is 0 Å². The molecule has 1 heterocycles. The van der Waals surface area contributed by atoms with Crippen molar-refractivity contribution in [3.05, 3.63) is 39.8 Å². The van der Waals surface area contributed by atoms with Gasteiger partial charge < -0.3 is 20.1 Å². The van der Waals surface area contributed by atoms with E-state index >= 15 is 0 Å². The molecule has 142 valence electrons. The van der Waals surface area contributed by atoms with E-state index in [1.54, 1.807) is 25.5 Å². The summed E-state index contributed by atoms with van der Waals surface area (Å²) in [5.74, 6) is 2.68. The molecule has 0 amide bonds. The summed E-state index contributed by atoms with van der Waals surface area (Å²) in [6.45, 7) is 8.16. The summed E-state index contributed by atoms with van der Waals surface area (Å²) in [4.78, 5) is 8.89. The number of nitrogens with zero attached hydrogens (tertiary/aromatic N) is 2. The van der Waals surface area contributed by atoms with Gasteiger partial charge in [-0.25, -0.2) is 4.98 Å². The normalized spacial score (nSPS) is 11.5. The minimum Gasteiger partial charge on any atom is -0.493 e. The number of aliphatic imine (C=N–C) groups is 1. The lowest BCUT2D eigenvalue weighted by Gasteiger charge is -2.13. The van der Waals surface area contributed by atoms with Gasteiger partial charge in [0.1, 0.15) is 5.01 Å². The van der Waals surface area contributed by atoms with Crippen molar-refractivity contribution in [2.45, 2.75) is 39.8 Å². The van der Waals surface area contributed by atoms with Crippen LogP contribution in [0.15, 0.2) is 28.6 Å². The van der Waals surface area contributed by atoms with Crippen LogP contribution in [0.2, 0.25) is 0 Å². The van der Waals surface area contributed by atoms with E-state index in [0.29, 0.717) is 25.6 Å². The molecule has 0 atom stereocenters. The highest BCUT2D eigenvalue weighted by molar-refractivity contribution is 7.09. The van der Waals surface area contributed by atoms with Gasteiger partial charge in [0.05, 0.1) is 26.0 Å². The van der Waals surface area contributed by atoms with E-state index in [9.17, 15) is 0 Å². The molecule has 0 saturated carbocycles. The summed E-state index contributed by atoms with van der Waals surface area (Å²) in [6, 6.07) is 5.92. The maximum Gasteiger partial charge on any atom is 0.191 e. The highest BCUT2D eigenvalue weighted by Gasteiger charge is 2.08. The molecule has 2 aromatic rings. The van der Waals surface area contributed by atoms with Gasteiger partial charge in [0, 0.05) is 19.0 Å². The Morgan fingerprint density at radius 2 is 2.00 bits per heavy atom. The Balaban J connectivity index is 1.90. The first kappa shape index (κ1) is 20.0. The maximum absolute atomic E-state index is 5.55. The second-order valence-corrected chi connectivity index (χ2v) is 6.96. The third-order valence-corrected chi connectivity index (χ3v) is 4.65. The zero-order chi connectivity index (χ0) is 18.9. The number of hydrogen-bond donors (Lipinski definition) is 2. The van der Waals surface area contributed by atoms with Crippen LogP contribution in [0.1, 0.15) is 43.0 Å². The summed E-state index contributed by atoms with van der Waals surface area (Å²) in [7, 11) is 3.41. The number of hydrogen-bond acceptors (Lipinski definition) is 5. The van der Waals surface area contributed by atoms with Crippen LogP contribution < -0.4 is 20.1 Å². The van der Waals surface area contributed by atoms with Crippen molar-refractivity contribution in [2.75, 3.05) is 20.8 Å². The lowest BCUT2D eigenvalue weighted by atomic mass is 10.2. The van der Waals surface area contributed by atoms with E-state index in [1.807, 2.05) is 25.1 Å². The molecule has 0 bridgehead atoms. The van der Waals surface area contributed by atoms with Crippen molar-refractivity contribution in [3.63, 3.8) is 0 Å². The van der Waals surface area contributed by atoms with Crippen molar-refractivity contribution in [1.82, 2.24) is 15.6 Å². The van der Waals surface area contributed by atoms with Crippen molar-refractivity contribution in [2.24, 2.45) is 4.99 Å². The van der Waals surface area contributed by atoms with Crippen molar-refractivity contribution in [1.29, 1.82) is 0 Å². The standard InChI is InChI=1S/C19H28N4O2S/c1-6-25-16-8-7-14(9-17(16)24-5)10-21-19(20-4)22-11-18-23-15(12-26-18)13(2)3/h7-9,12-13H,6,10-11H2,1-5H3,(H2,20,21,22). The molecule has 0 aliphatic carbocycles. The zero-order valence-corrected chi connectivity index (χ0v) is 16.9. The van der Waals surface area contributed by atoms with E-state index in [0.717, 1.165) is 33.7 Å². The second-order valence-electron chi connectivity index (χ2n) is 6.02. The highest BCUT2D eigenvalue weighted by Crippen LogP contribution is 2.27. The maximum atomic E-state index is 5.55. The van der Waals surface area contributed by atoms with Crippen LogP contribution in [0.3, 0.4) is 0 Å². The van der Waals surface area contributed by atoms with Gasteiger partial charge in [0.25, 0.3) is 0 Å². The van der Waals surface area contributed by atoms with Crippen LogP contribution in [0, 0.1) is 0 Å². The van der Waals surface area contributed by atoms with E-state index in [4.69, 9.17) is 9.47 Å². The fraction of sp³-hybridized carbons (Fsp3) is 0.474. The Morgan fingerprint density at radius 3 is 2.62 bits per heavy atom. The predicted octanol–water partition coefficient (Wildman–Crippen LogP) is 3.54. The van der Waals surface area contributed by atoms with E-state index in [-0.39, 0.29) is 0 Å². The summed E-state index contributed by atoms with van der Waals surface area (Å²) in [5.41, 5.74) is 2.22. The highest BCUT2D eigenvalue weighted by atomic mass is 32.1. The van der Waals surface area contributed by atoms with Crippen molar-refractivity contribution < 1.29 is 9.47 Å². The first-order valence-corrected chi connectivity index (χ1v) is 9.63. The minimum absolute atomic E-state index is 0.451. The Bertz CT molecular complexity index is 728. The van der Waals surface area contributed by atoms with Gasteiger partial charge in [0.2, 0.25) is 0 Å². The first-order chi connectivity index (χ1) is 12.6. The van der Waals surface area contributed by atoms with E-state index < -0.39 is 0 Å². The Labute approximate surface area is 159 Å². The molecule has 2 rings (SSSR count). The van der Waals surface area contributed by atoms with Crippen LogP contribution in [-0.4, -0.2) is 31.7 Å². The molecule has 0 fully saturated rings. The average Bonchev–Trinajstić information content (AvgIpc) is 3.12. The van der Waals surface area contributed by atoms with Crippen LogP contribution in [0.5, 0.6) is 11.5 Å². The van der Waals surface area contributed by atoms with Crippen LogP contribution >= 0.6 is 11.3 Å². The third kappa shape index (κ3) is 5.62. The van der Waals surface area contributed by atoms with E-state index in [2.05, 4.69) is 39.8 Å². The molecule has 26 heavy (non-hydrogen) atoms. The summed E-state index contributed by atoms with van der Waals surface area (Å²) < 4.78 is 10.9. The molecule has 2 N–H and O–H groups in total. The van der Waals surface area contributed by atoms with Crippen LogP contribution in [0.4, 0.5) is 0 Å². The van der Waals surface area contributed by atoms with Gasteiger partial charge >= 0.3 is 0 Å². The summed E-state index contributed by atoms with van der Waals surface area (Å²) >= 11 is 1.67. The van der Waals surface area contributed by atoms with Gasteiger partial charge in [-0.05, 0) is 30.5 Å². The number of ether oxygens (including phenoxy) is 2. The van der Waals surface area contributed by atoms with Gasteiger partial charge in [-0.3, -0.25) is 4.99 Å². The summed E-state index contributed by atoms with van der Waals surface area (Å²) in [6.07, 6.45) is 0.